The highest BCUT2D eigenvalue weighted by Gasteiger charge is 2.25. The van der Waals surface area contributed by atoms with E-state index in [1.165, 1.54) is 20.0 Å². The van der Waals surface area contributed by atoms with Gasteiger partial charge in [-0.15, -0.1) is 0 Å². The standard InChI is InChI=1S/C14H21N3O2/c1-17(11-4-5-11)8-7-16-13-6-3-10(9-12(13)15)14(18)19-2/h3,6,9,11,16H,4-5,7-8,15H2,1-2H3. The van der Waals surface area contributed by atoms with Crippen LogP contribution in [0.15, 0.2) is 18.2 Å². The molecule has 0 unspecified atom stereocenters. The number of nitrogens with zero attached hydrogens (tertiary/aromatic N) is 1. The fourth-order valence-corrected chi connectivity index (χ4v) is 2.03. The van der Waals surface area contributed by atoms with E-state index in [4.69, 9.17) is 5.73 Å². The van der Waals surface area contributed by atoms with Gasteiger partial charge >= 0.3 is 5.97 Å². The molecular formula is C14H21N3O2. The van der Waals surface area contributed by atoms with Gasteiger partial charge in [0.1, 0.15) is 0 Å². The lowest BCUT2D eigenvalue weighted by molar-refractivity contribution is 0.0601. The molecule has 0 heterocycles. The lowest BCUT2D eigenvalue weighted by Gasteiger charge is -2.17. The maximum absolute atomic E-state index is 11.4. The normalized spacial score (nSPS) is 14.5. The average Bonchev–Trinajstić information content (AvgIpc) is 3.23. The highest BCUT2D eigenvalue weighted by atomic mass is 16.5. The van der Waals surface area contributed by atoms with Gasteiger partial charge in [0.25, 0.3) is 0 Å². The molecule has 1 aromatic carbocycles. The van der Waals surface area contributed by atoms with Crippen LogP contribution in [0.4, 0.5) is 11.4 Å². The maximum Gasteiger partial charge on any atom is 0.337 e. The summed E-state index contributed by atoms with van der Waals surface area (Å²) in [5.74, 6) is -0.369. The molecule has 104 valence electrons. The van der Waals surface area contributed by atoms with Crippen molar-refractivity contribution in [2.75, 3.05) is 38.3 Å². The van der Waals surface area contributed by atoms with E-state index in [9.17, 15) is 4.79 Å². The van der Waals surface area contributed by atoms with Crippen molar-refractivity contribution in [1.82, 2.24) is 4.90 Å². The zero-order valence-electron chi connectivity index (χ0n) is 11.5. The second kappa shape index (κ2) is 5.93. The fraction of sp³-hybridized carbons (Fsp3) is 0.500. The summed E-state index contributed by atoms with van der Waals surface area (Å²) >= 11 is 0. The number of esters is 1. The van der Waals surface area contributed by atoms with E-state index < -0.39 is 0 Å². The van der Waals surface area contributed by atoms with Gasteiger partial charge in [-0.2, -0.15) is 0 Å². The summed E-state index contributed by atoms with van der Waals surface area (Å²) in [6, 6.07) is 5.94. The van der Waals surface area contributed by atoms with Crippen molar-refractivity contribution in [1.29, 1.82) is 0 Å². The number of carbonyl (C=O) groups is 1. The number of anilines is 2. The van der Waals surface area contributed by atoms with Crippen LogP contribution in [0, 0.1) is 0 Å². The molecule has 1 aliphatic rings. The van der Waals surface area contributed by atoms with Gasteiger partial charge in [0.05, 0.1) is 24.0 Å². The van der Waals surface area contributed by atoms with Gasteiger partial charge in [0.2, 0.25) is 0 Å². The van der Waals surface area contributed by atoms with Crippen molar-refractivity contribution in [3.63, 3.8) is 0 Å². The fourth-order valence-electron chi connectivity index (χ4n) is 2.03. The van der Waals surface area contributed by atoms with Gasteiger partial charge in [0, 0.05) is 19.1 Å². The van der Waals surface area contributed by atoms with Crippen molar-refractivity contribution in [3.05, 3.63) is 23.8 Å². The smallest absolute Gasteiger partial charge is 0.337 e. The highest BCUT2D eigenvalue weighted by Crippen LogP contribution is 2.25. The van der Waals surface area contributed by atoms with Crippen LogP contribution in [-0.2, 0) is 4.74 Å². The first kappa shape index (κ1) is 13.7. The predicted octanol–water partition coefficient (Wildman–Crippen LogP) is 1.56. The Labute approximate surface area is 113 Å². The third-order valence-corrected chi connectivity index (χ3v) is 3.42. The SMILES string of the molecule is COC(=O)c1ccc(NCCN(C)C2CC2)c(N)c1. The van der Waals surface area contributed by atoms with E-state index in [0.717, 1.165) is 24.8 Å². The van der Waals surface area contributed by atoms with E-state index in [1.54, 1.807) is 12.1 Å². The molecule has 0 spiro atoms. The largest absolute Gasteiger partial charge is 0.465 e. The second-order valence-corrected chi connectivity index (χ2v) is 4.93. The number of hydrogen-bond donors (Lipinski definition) is 2. The van der Waals surface area contributed by atoms with Gasteiger partial charge in [0.15, 0.2) is 0 Å². The molecule has 19 heavy (non-hydrogen) atoms. The molecule has 0 amide bonds. The topological polar surface area (TPSA) is 67.6 Å². The number of likely N-dealkylation sites (N-methyl/N-ethyl adjacent to an activating group) is 1. The van der Waals surface area contributed by atoms with Crippen LogP contribution in [0.3, 0.4) is 0 Å². The van der Waals surface area contributed by atoms with Crippen LogP contribution in [0.2, 0.25) is 0 Å². The summed E-state index contributed by atoms with van der Waals surface area (Å²) in [6.45, 7) is 1.83. The van der Waals surface area contributed by atoms with E-state index in [-0.39, 0.29) is 5.97 Å². The molecule has 5 nitrogen and oxygen atoms in total. The molecule has 1 fully saturated rings. The zero-order valence-corrected chi connectivity index (χ0v) is 11.5. The number of nitrogens with two attached hydrogens (primary N) is 1. The number of ether oxygens (including phenoxy) is 1. The molecule has 0 aromatic heterocycles. The van der Waals surface area contributed by atoms with Crippen LogP contribution in [0.25, 0.3) is 0 Å². The maximum atomic E-state index is 11.4. The minimum Gasteiger partial charge on any atom is -0.465 e. The first-order chi connectivity index (χ1) is 9.11. The van der Waals surface area contributed by atoms with Crippen LogP contribution in [0.5, 0.6) is 0 Å². The molecule has 0 bridgehead atoms. The van der Waals surface area contributed by atoms with Crippen molar-refractivity contribution in [2.45, 2.75) is 18.9 Å². The van der Waals surface area contributed by atoms with Gasteiger partial charge in [-0.3, -0.25) is 0 Å². The average molecular weight is 263 g/mol. The summed E-state index contributed by atoms with van der Waals surface area (Å²) in [4.78, 5) is 13.7. The summed E-state index contributed by atoms with van der Waals surface area (Å²) in [6.07, 6.45) is 2.62. The van der Waals surface area contributed by atoms with Crippen molar-refractivity contribution in [2.24, 2.45) is 0 Å². The van der Waals surface area contributed by atoms with Gasteiger partial charge in [-0.05, 0) is 38.1 Å². The van der Waals surface area contributed by atoms with Crippen LogP contribution >= 0.6 is 0 Å². The minimum atomic E-state index is -0.369. The summed E-state index contributed by atoms with van der Waals surface area (Å²) < 4.78 is 4.66. The Morgan fingerprint density at radius 2 is 2.26 bits per heavy atom. The van der Waals surface area contributed by atoms with Gasteiger partial charge < -0.3 is 20.7 Å². The summed E-state index contributed by atoms with van der Waals surface area (Å²) in [5, 5.41) is 3.29. The van der Waals surface area contributed by atoms with E-state index in [1.807, 2.05) is 6.07 Å². The Kier molecular flexibility index (Phi) is 4.27. The van der Waals surface area contributed by atoms with E-state index in [2.05, 4.69) is 22.0 Å². The molecule has 1 aliphatic carbocycles. The number of carbonyl (C=O) groups excluding carboxylic acids is 1. The Morgan fingerprint density at radius 3 is 2.84 bits per heavy atom. The van der Waals surface area contributed by atoms with Crippen molar-refractivity contribution < 1.29 is 9.53 Å². The molecular weight excluding hydrogens is 242 g/mol. The Hall–Kier alpha value is -1.75. The number of nitrogen functional groups attached to an aromatic ring is 1. The first-order valence-corrected chi connectivity index (χ1v) is 6.53. The number of methoxy groups -OCH3 is 1. The highest BCUT2D eigenvalue weighted by molar-refractivity contribution is 5.91. The van der Waals surface area contributed by atoms with Crippen molar-refractivity contribution in [3.8, 4) is 0 Å². The lowest BCUT2D eigenvalue weighted by atomic mass is 10.1. The molecule has 0 aliphatic heterocycles. The van der Waals surface area contributed by atoms with Gasteiger partial charge in [-0.1, -0.05) is 0 Å². The number of benzene rings is 1. The quantitative estimate of drug-likeness (QED) is 0.602. The Morgan fingerprint density at radius 1 is 1.53 bits per heavy atom. The van der Waals surface area contributed by atoms with E-state index in [0.29, 0.717) is 11.3 Å². The molecule has 3 N–H and O–H groups in total. The van der Waals surface area contributed by atoms with E-state index >= 15 is 0 Å². The molecule has 1 aromatic rings. The first-order valence-electron chi connectivity index (χ1n) is 6.53. The Balaban J connectivity index is 1.87. The molecule has 0 saturated heterocycles. The monoisotopic (exact) mass is 263 g/mol. The molecule has 0 atom stereocenters. The van der Waals surface area contributed by atoms with Crippen LogP contribution < -0.4 is 11.1 Å². The summed E-state index contributed by atoms with van der Waals surface area (Å²) in [7, 11) is 3.50. The zero-order chi connectivity index (χ0) is 13.8. The lowest BCUT2D eigenvalue weighted by Crippen LogP contribution is -2.27. The van der Waals surface area contributed by atoms with Gasteiger partial charge in [-0.25, -0.2) is 4.79 Å². The summed E-state index contributed by atoms with van der Waals surface area (Å²) in [5.41, 5.74) is 7.82. The third kappa shape index (κ3) is 3.61. The Bertz CT molecular complexity index is 458. The minimum absolute atomic E-state index is 0.369. The number of hydrogen-bond acceptors (Lipinski definition) is 5. The van der Waals surface area contributed by atoms with Crippen LogP contribution in [-0.4, -0.2) is 44.2 Å². The molecule has 2 rings (SSSR count). The molecule has 1 saturated carbocycles. The molecule has 0 radical (unpaired) electrons. The second-order valence-electron chi connectivity index (χ2n) is 4.93. The van der Waals surface area contributed by atoms with Crippen LogP contribution in [0.1, 0.15) is 23.2 Å². The third-order valence-electron chi connectivity index (χ3n) is 3.42. The van der Waals surface area contributed by atoms with Crippen molar-refractivity contribution >= 4 is 17.3 Å². The number of rotatable bonds is 6. The predicted molar refractivity (Wildman–Crippen MR) is 76.3 cm³/mol. The number of nitrogens with one attached hydrogen (secondary N) is 1. The molecule has 5 heteroatoms.